The Morgan fingerprint density at radius 2 is 1.41 bits per heavy atom. The maximum atomic E-state index is 5.11. The van der Waals surface area contributed by atoms with Gasteiger partial charge >= 0.3 is 0 Å². The molecule has 2 aromatic carbocycles. The minimum Gasteiger partial charge on any atom is -0.247 e. The van der Waals surface area contributed by atoms with Gasteiger partial charge in [-0.1, -0.05) is 97.1 Å². The Labute approximate surface area is 159 Å². The number of benzene rings is 2. The first-order valence-electron chi connectivity index (χ1n) is 9.29. The van der Waals surface area contributed by atoms with Crippen molar-refractivity contribution < 1.29 is 0 Å². The molecule has 3 aromatic rings. The van der Waals surface area contributed by atoms with E-state index in [2.05, 4.69) is 97.1 Å². The Balaban J connectivity index is 1.82. The van der Waals surface area contributed by atoms with E-state index in [4.69, 9.17) is 4.98 Å². The molecule has 0 aliphatic heterocycles. The van der Waals surface area contributed by atoms with Gasteiger partial charge in [-0.15, -0.1) is 0 Å². The summed E-state index contributed by atoms with van der Waals surface area (Å²) in [6.07, 6.45) is 14.0. The zero-order valence-corrected chi connectivity index (χ0v) is 15.0. The Morgan fingerprint density at radius 3 is 2.19 bits per heavy atom. The molecule has 1 aromatic heterocycles. The molecule has 2 bridgehead atoms. The second kappa shape index (κ2) is 6.69. The van der Waals surface area contributed by atoms with Crippen LogP contribution in [0.4, 0.5) is 0 Å². The van der Waals surface area contributed by atoms with Crippen LogP contribution in [0, 0.1) is 0 Å². The largest absolute Gasteiger partial charge is 0.247 e. The van der Waals surface area contributed by atoms with E-state index in [1.165, 1.54) is 27.8 Å². The van der Waals surface area contributed by atoms with Crippen molar-refractivity contribution in [3.63, 3.8) is 0 Å². The molecule has 0 atom stereocenters. The maximum absolute atomic E-state index is 5.11. The minimum absolute atomic E-state index is 0.913. The van der Waals surface area contributed by atoms with Crippen molar-refractivity contribution >= 4 is 11.6 Å². The van der Waals surface area contributed by atoms with Crippen molar-refractivity contribution in [2.24, 2.45) is 0 Å². The standard InChI is InChI=1S/C26H19N/c1-3-10-20(11-4-1)24-18-25(21-12-5-2-6-13-21)27-26-22-14-8-7-9-19(17-22)15-16-23(24)26/h1-16,18H,17H2. The summed E-state index contributed by atoms with van der Waals surface area (Å²) in [6, 6.07) is 23.3. The average Bonchev–Trinajstić information content (AvgIpc) is 3.08. The van der Waals surface area contributed by atoms with E-state index in [1.807, 2.05) is 6.07 Å². The van der Waals surface area contributed by atoms with Crippen molar-refractivity contribution in [3.8, 4) is 22.4 Å². The zero-order chi connectivity index (χ0) is 18.1. The van der Waals surface area contributed by atoms with E-state index < -0.39 is 0 Å². The van der Waals surface area contributed by atoms with Gasteiger partial charge in [0.15, 0.2) is 0 Å². The van der Waals surface area contributed by atoms with Crippen molar-refractivity contribution in [2.75, 3.05) is 0 Å². The second-order valence-corrected chi connectivity index (χ2v) is 6.88. The normalized spacial score (nSPS) is 14.7. The number of nitrogens with zero attached hydrogens (tertiary/aromatic N) is 1. The van der Waals surface area contributed by atoms with E-state index >= 15 is 0 Å². The lowest BCUT2D eigenvalue weighted by molar-refractivity contribution is 1.22. The summed E-state index contributed by atoms with van der Waals surface area (Å²) >= 11 is 0. The van der Waals surface area contributed by atoms with Crippen LogP contribution >= 0.6 is 0 Å². The molecule has 0 spiro atoms. The van der Waals surface area contributed by atoms with Crippen LogP contribution in [-0.4, -0.2) is 4.98 Å². The topological polar surface area (TPSA) is 12.9 Å². The average molecular weight is 345 g/mol. The summed E-state index contributed by atoms with van der Waals surface area (Å²) in [6.45, 7) is 0. The van der Waals surface area contributed by atoms with Gasteiger partial charge in [0, 0.05) is 11.1 Å². The monoisotopic (exact) mass is 345 g/mol. The van der Waals surface area contributed by atoms with Gasteiger partial charge in [-0.3, -0.25) is 0 Å². The molecule has 2 aliphatic carbocycles. The first kappa shape index (κ1) is 15.8. The van der Waals surface area contributed by atoms with E-state index in [0.717, 1.165) is 23.4 Å². The van der Waals surface area contributed by atoms with Gasteiger partial charge in [-0.25, -0.2) is 4.98 Å². The predicted octanol–water partition coefficient (Wildman–Crippen LogP) is 6.71. The lowest BCUT2D eigenvalue weighted by atomic mass is 9.93. The molecule has 2 aliphatic rings. The van der Waals surface area contributed by atoms with E-state index in [1.54, 1.807) is 0 Å². The quantitative estimate of drug-likeness (QED) is 0.503. The SMILES string of the molecule is C1=CC=C2CC(=C1)C=Cc1c(-c3ccccc3)cc(-c3ccccc3)nc12. The fourth-order valence-corrected chi connectivity index (χ4v) is 3.74. The number of rotatable bonds is 2. The van der Waals surface area contributed by atoms with Crippen molar-refractivity contribution in [1.29, 1.82) is 0 Å². The predicted molar refractivity (Wildman–Crippen MR) is 114 cm³/mol. The molecule has 128 valence electrons. The van der Waals surface area contributed by atoms with Crippen LogP contribution in [0.5, 0.6) is 0 Å². The van der Waals surface area contributed by atoms with E-state index in [0.29, 0.717) is 0 Å². The summed E-state index contributed by atoms with van der Waals surface area (Å²) < 4.78 is 0. The Kier molecular flexibility index (Phi) is 3.91. The van der Waals surface area contributed by atoms with Gasteiger partial charge in [-0.05, 0) is 34.8 Å². The third kappa shape index (κ3) is 2.98. The van der Waals surface area contributed by atoms with Crippen molar-refractivity contribution in [3.05, 3.63) is 114 Å². The van der Waals surface area contributed by atoms with E-state index in [9.17, 15) is 0 Å². The Morgan fingerprint density at radius 1 is 0.704 bits per heavy atom. The number of aromatic nitrogens is 1. The Hall–Kier alpha value is -3.45. The molecule has 0 fully saturated rings. The van der Waals surface area contributed by atoms with Gasteiger partial charge < -0.3 is 0 Å². The number of pyridine rings is 1. The van der Waals surface area contributed by atoms with Gasteiger partial charge in [0.25, 0.3) is 0 Å². The zero-order valence-electron chi connectivity index (χ0n) is 15.0. The third-order valence-corrected chi connectivity index (χ3v) is 5.09. The molecule has 1 nitrogen and oxygen atoms in total. The van der Waals surface area contributed by atoms with Crippen LogP contribution in [0.25, 0.3) is 34.0 Å². The van der Waals surface area contributed by atoms with Crippen LogP contribution in [0.1, 0.15) is 17.7 Å². The van der Waals surface area contributed by atoms with Crippen LogP contribution < -0.4 is 0 Å². The molecule has 0 amide bonds. The molecule has 5 rings (SSSR count). The Bertz CT molecular complexity index is 1110. The fourth-order valence-electron chi connectivity index (χ4n) is 3.74. The third-order valence-electron chi connectivity index (χ3n) is 5.09. The van der Waals surface area contributed by atoms with Gasteiger partial charge in [-0.2, -0.15) is 0 Å². The van der Waals surface area contributed by atoms with Gasteiger partial charge in [0.05, 0.1) is 11.4 Å². The maximum Gasteiger partial charge on any atom is 0.0751 e. The summed E-state index contributed by atoms with van der Waals surface area (Å²) in [5.74, 6) is 0. The molecule has 1 heteroatoms. The number of fused-ring (bicyclic) bond motifs is 4. The lowest BCUT2D eigenvalue weighted by Gasteiger charge is -2.15. The molecule has 1 heterocycles. The molecule has 0 unspecified atom stereocenters. The summed E-state index contributed by atoms with van der Waals surface area (Å²) in [4.78, 5) is 5.11. The number of hydrogen-bond donors (Lipinski definition) is 0. The summed E-state index contributed by atoms with van der Waals surface area (Å²) in [5.41, 5.74) is 9.48. The number of hydrogen-bond acceptors (Lipinski definition) is 1. The summed E-state index contributed by atoms with van der Waals surface area (Å²) in [7, 11) is 0. The molecule has 0 saturated heterocycles. The van der Waals surface area contributed by atoms with Crippen molar-refractivity contribution in [1.82, 2.24) is 4.98 Å². The van der Waals surface area contributed by atoms with Crippen molar-refractivity contribution in [2.45, 2.75) is 6.42 Å². The highest BCUT2D eigenvalue weighted by atomic mass is 14.7. The van der Waals surface area contributed by atoms with Crippen LogP contribution in [0.2, 0.25) is 0 Å². The fraction of sp³-hybridized carbons (Fsp3) is 0.0385. The molecular formula is C26H19N. The minimum atomic E-state index is 0.913. The molecule has 0 radical (unpaired) electrons. The van der Waals surface area contributed by atoms with Crippen LogP contribution in [0.3, 0.4) is 0 Å². The molecule has 27 heavy (non-hydrogen) atoms. The second-order valence-electron chi connectivity index (χ2n) is 6.88. The van der Waals surface area contributed by atoms with E-state index in [-0.39, 0.29) is 0 Å². The highest BCUT2D eigenvalue weighted by Crippen LogP contribution is 2.38. The summed E-state index contributed by atoms with van der Waals surface area (Å²) in [5, 5.41) is 0. The number of allylic oxidation sites excluding steroid dienone is 7. The lowest BCUT2D eigenvalue weighted by Crippen LogP contribution is -1.98. The highest BCUT2D eigenvalue weighted by Gasteiger charge is 2.19. The molecule has 0 saturated carbocycles. The molecule has 0 N–H and O–H groups in total. The smallest absolute Gasteiger partial charge is 0.0751 e. The highest BCUT2D eigenvalue weighted by molar-refractivity contribution is 5.88. The van der Waals surface area contributed by atoms with Gasteiger partial charge in [0.2, 0.25) is 0 Å². The van der Waals surface area contributed by atoms with Gasteiger partial charge in [0.1, 0.15) is 0 Å². The van der Waals surface area contributed by atoms with Crippen LogP contribution in [0.15, 0.2) is 103 Å². The first-order valence-corrected chi connectivity index (χ1v) is 9.29. The first-order chi connectivity index (χ1) is 13.4. The molecular weight excluding hydrogens is 326 g/mol. The van der Waals surface area contributed by atoms with Crippen LogP contribution in [-0.2, 0) is 0 Å².